The normalized spacial score (nSPS) is 22.6. The summed E-state index contributed by atoms with van der Waals surface area (Å²) in [7, 11) is -2.96. The molecule has 0 spiro atoms. The Morgan fingerprint density at radius 1 is 1.37 bits per heavy atom. The van der Waals surface area contributed by atoms with Gasteiger partial charge in [0.15, 0.2) is 9.84 Å². The molecule has 1 aliphatic rings. The molecular formula is C13H28N2O2S2. The summed E-state index contributed by atoms with van der Waals surface area (Å²) >= 11 is 1.75. The molecule has 0 saturated carbocycles. The minimum atomic E-state index is -2.96. The molecule has 1 atom stereocenters. The summed E-state index contributed by atoms with van der Waals surface area (Å²) in [6, 6.07) is 0. The number of nitrogens with zero attached hydrogens (tertiary/aromatic N) is 1. The molecule has 0 aliphatic carbocycles. The number of nitrogens with one attached hydrogen (secondary N) is 1. The van der Waals surface area contributed by atoms with Crippen LogP contribution in [-0.2, 0) is 9.84 Å². The second-order valence-electron chi connectivity index (χ2n) is 5.68. The second kappa shape index (κ2) is 7.29. The minimum Gasteiger partial charge on any atom is -0.311 e. The van der Waals surface area contributed by atoms with E-state index in [0.717, 1.165) is 31.8 Å². The molecule has 6 heteroatoms. The summed E-state index contributed by atoms with van der Waals surface area (Å²) in [6.45, 7) is 10.8. The van der Waals surface area contributed by atoms with E-state index in [9.17, 15) is 8.42 Å². The van der Waals surface area contributed by atoms with Crippen molar-refractivity contribution in [3.8, 4) is 0 Å². The zero-order valence-electron chi connectivity index (χ0n) is 12.6. The summed E-state index contributed by atoms with van der Waals surface area (Å²) in [5.74, 6) is 1.99. The molecule has 19 heavy (non-hydrogen) atoms. The van der Waals surface area contributed by atoms with Crippen LogP contribution in [0.15, 0.2) is 0 Å². The molecular weight excluding hydrogens is 280 g/mol. The predicted molar refractivity (Wildman–Crippen MR) is 84.5 cm³/mol. The number of hydrogen-bond donors (Lipinski definition) is 1. The lowest BCUT2D eigenvalue weighted by molar-refractivity contribution is 0.253. The van der Waals surface area contributed by atoms with E-state index in [1.54, 1.807) is 18.7 Å². The highest BCUT2D eigenvalue weighted by molar-refractivity contribution is 8.01. The van der Waals surface area contributed by atoms with E-state index in [-0.39, 0.29) is 16.7 Å². The fourth-order valence-corrected chi connectivity index (χ4v) is 5.17. The van der Waals surface area contributed by atoms with Crippen molar-refractivity contribution in [2.75, 3.05) is 36.9 Å². The molecule has 114 valence electrons. The van der Waals surface area contributed by atoms with Gasteiger partial charge >= 0.3 is 0 Å². The predicted octanol–water partition coefficient (Wildman–Crippen LogP) is 1.57. The van der Waals surface area contributed by atoms with Gasteiger partial charge in [-0.25, -0.2) is 8.42 Å². The second-order valence-corrected chi connectivity index (χ2v) is 9.28. The zero-order valence-corrected chi connectivity index (χ0v) is 14.2. The first kappa shape index (κ1) is 17.3. The maximum Gasteiger partial charge on any atom is 0.166 e. The largest absolute Gasteiger partial charge is 0.311 e. The smallest absolute Gasteiger partial charge is 0.166 e. The molecule has 1 aliphatic heterocycles. The summed E-state index contributed by atoms with van der Waals surface area (Å²) in [5.41, 5.74) is 0.129. The van der Waals surface area contributed by atoms with E-state index in [4.69, 9.17) is 0 Å². The van der Waals surface area contributed by atoms with Gasteiger partial charge in [-0.2, -0.15) is 11.8 Å². The zero-order chi connectivity index (χ0) is 14.5. The van der Waals surface area contributed by atoms with Crippen LogP contribution in [0.5, 0.6) is 0 Å². The molecule has 1 saturated heterocycles. The van der Waals surface area contributed by atoms with Gasteiger partial charge in [-0.15, -0.1) is 0 Å². The van der Waals surface area contributed by atoms with Crippen molar-refractivity contribution >= 4 is 21.6 Å². The molecule has 1 N–H and O–H groups in total. The first-order valence-electron chi connectivity index (χ1n) is 7.11. The maximum atomic E-state index is 12.1. The fourth-order valence-electron chi connectivity index (χ4n) is 2.06. The maximum absolute atomic E-state index is 12.1. The van der Waals surface area contributed by atoms with Crippen molar-refractivity contribution in [3.05, 3.63) is 0 Å². The molecule has 4 nitrogen and oxygen atoms in total. The number of hydrogen-bond acceptors (Lipinski definition) is 5. The van der Waals surface area contributed by atoms with E-state index in [2.05, 4.69) is 31.0 Å². The van der Waals surface area contributed by atoms with Crippen LogP contribution >= 0.6 is 11.8 Å². The topological polar surface area (TPSA) is 49.4 Å². The molecule has 0 amide bonds. The van der Waals surface area contributed by atoms with E-state index in [0.29, 0.717) is 5.75 Å². The van der Waals surface area contributed by atoms with Crippen LogP contribution in [-0.4, -0.2) is 61.1 Å². The van der Waals surface area contributed by atoms with E-state index >= 15 is 0 Å². The lowest BCUT2D eigenvalue weighted by Gasteiger charge is -2.35. The molecule has 1 heterocycles. The Kier molecular flexibility index (Phi) is 6.63. The first-order valence-corrected chi connectivity index (χ1v) is 9.98. The van der Waals surface area contributed by atoms with Gasteiger partial charge in [0, 0.05) is 42.4 Å². The summed E-state index contributed by atoms with van der Waals surface area (Å²) < 4.78 is 24.2. The van der Waals surface area contributed by atoms with Crippen molar-refractivity contribution in [2.45, 2.75) is 45.0 Å². The van der Waals surface area contributed by atoms with Gasteiger partial charge < -0.3 is 5.32 Å². The highest BCUT2D eigenvalue weighted by Gasteiger charge is 2.32. The number of rotatable bonds is 7. The van der Waals surface area contributed by atoms with Crippen LogP contribution in [0.25, 0.3) is 0 Å². The highest BCUT2D eigenvalue weighted by atomic mass is 32.2. The third-order valence-electron chi connectivity index (χ3n) is 3.89. The molecule has 1 rings (SSSR count). The Balaban J connectivity index is 2.54. The van der Waals surface area contributed by atoms with Crippen LogP contribution in [0.3, 0.4) is 0 Å². The fraction of sp³-hybridized carbons (Fsp3) is 1.00. The van der Waals surface area contributed by atoms with Gasteiger partial charge in [0.25, 0.3) is 0 Å². The quantitative estimate of drug-likeness (QED) is 0.774. The lowest BCUT2D eigenvalue weighted by atomic mass is 10.0. The standard InChI is InChI=1S/C13H28N2O2S2/c1-5-13(3,4)14-7-8-15-9-10-18-11-12(15)19(16,17)6-2/h12,14H,5-11H2,1-4H3. The van der Waals surface area contributed by atoms with Crippen LogP contribution in [0.1, 0.15) is 34.1 Å². The van der Waals surface area contributed by atoms with Crippen LogP contribution < -0.4 is 5.32 Å². The number of sulfone groups is 1. The first-order chi connectivity index (χ1) is 8.82. The van der Waals surface area contributed by atoms with E-state index in [1.165, 1.54) is 0 Å². The van der Waals surface area contributed by atoms with Gasteiger partial charge in [-0.05, 0) is 20.3 Å². The summed E-state index contributed by atoms with van der Waals surface area (Å²) in [4.78, 5) is 2.13. The van der Waals surface area contributed by atoms with Gasteiger partial charge in [-0.1, -0.05) is 13.8 Å². The van der Waals surface area contributed by atoms with Crippen molar-refractivity contribution < 1.29 is 8.42 Å². The lowest BCUT2D eigenvalue weighted by Crippen LogP contribution is -2.51. The Morgan fingerprint density at radius 3 is 2.63 bits per heavy atom. The Morgan fingerprint density at radius 2 is 2.05 bits per heavy atom. The monoisotopic (exact) mass is 308 g/mol. The molecule has 0 aromatic rings. The Labute approximate surface area is 122 Å². The Bertz CT molecular complexity index is 369. The Hall–Kier alpha value is 0.220. The van der Waals surface area contributed by atoms with Crippen molar-refractivity contribution in [2.24, 2.45) is 0 Å². The molecule has 1 unspecified atom stereocenters. The third kappa shape index (κ3) is 5.25. The van der Waals surface area contributed by atoms with Crippen LogP contribution in [0.4, 0.5) is 0 Å². The van der Waals surface area contributed by atoms with E-state index < -0.39 is 9.84 Å². The van der Waals surface area contributed by atoms with Crippen LogP contribution in [0.2, 0.25) is 0 Å². The van der Waals surface area contributed by atoms with Gasteiger partial charge in [0.1, 0.15) is 5.37 Å². The van der Waals surface area contributed by atoms with E-state index in [1.807, 2.05) is 0 Å². The molecule has 0 aromatic carbocycles. The van der Waals surface area contributed by atoms with Crippen molar-refractivity contribution in [1.82, 2.24) is 10.2 Å². The average Bonchev–Trinajstić information content (AvgIpc) is 2.39. The SMILES string of the molecule is CCC(C)(C)NCCN1CCSCC1S(=O)(=O)CC. The van der Waals surface area contributed by atoms with Gasteiger partial charge in [0.2, 0.25) is 0 Å². The average molecular weight is 309 g/mol. The van der Waals surface area contributed by atoms with Crippen molar-refractivity contribution in [1.29, 1.82) is 0 Å². The molecule has 0 aromatic heterocycles. The van der Waals surface area contributed by atoms with Gasteiger partial charge in [-0.3, -0.25) is 4.90 Å². The van der Waals surface area contributed by atoms with Crippen molar-refractivity contribution in [3.63, 3.8) is 0 Å². The third-order valence-corrected chi connectivity index (χ3v) is 7.23. The minimum absolute atomic E-state index is 0.129. The molecule has 0 bridgehead atoms. The summed E-state index contributed by atoms with van der Waals surface area (Å²) in [5, 5.41) is 3.21. The molecule has 1 fully saturated rings. The molecule has 0 radical (unpaired) electrons. The summed E-state index contributed by atoms with van der Waals surface area (Å²) in [6.07, 6.45) is 1.07. The highest BCUT2D eigenvalue weighted by Crippen LogP contribution is 2.21. The number of thioether (sulfide) groups is 1. The van der Waals surface area contributed by atoms with Gasteiger partial charge in [0.05, 0.1) is 0 Å². The van der Waals surface area contributed by atoms with Crippen LogP contribution in [0, 0.1) is 0 Å².